The first-order valence-corrected chi connectivity index (χ1v) is 5.33. The first-order valence-electron chi connectivity index (χ1n) is 4.95. The molecule has 2 aromatic heterocycles. The van der Waals surface area contributed by atoms with Crippen LogP contribution in [0.2, 0.25) is 5.02 Å². The Kier molecular flexibility index (Phi) is 2.46. The van der Waals surface area contributed by atoms with Gasteiger partial charge < -0.3 is 0 Å². The summed E-state index contributed by atoms with van der Waals surface area (Å²) in [6.07, 6.45) is 1.74. The zero-order valence-corrected chi connectivity index (χ0v) is 10.1. The van der Waals surface area contributed by atoms with Crippen LogP contribution in [0.5, 0.6) is 0 Å². The smallest absolute Gasteiger partial charge is 0.205 e. The Morgan fingerprint density at radius 1 is 1.44 bits per heavy atom. The van der Waals surface area contributed by atoms with Crippen LogP contribution >= 0.6 is 11.6 Å². The maximum Gasteiger partial charge on any atom is 0.205 e. The van der Waals surface area contributed by atoms with Gasteiger partial charge in [-0.15, -0.1) is 4.91 Å². The second-order valence-corrected chi connectivity index (χ2v) is 5.08. The van der Waals surface area contributed by atoms with E-state index in [0.29, 0.717) is 22.2 Å². The van der Waals surface area contributed by atoms with E-state index in [2.05, 4.69) is 10.2 Å². The van der Waals surface area contributed by atoms with Gasteiger partial charge in [0.05, 0.1) is 10.7 Å². The van der Waals surface area contributed by atoms with Crippen molar-refractivity contribution in [3.8, 4) is 0 Å². The minimum Gasteiger partial charge on any atom is -0.280 e. The molecule has 0 saturated carbocycles. The Balaban J connectivity index is 2.87. The van der Waals surface area contributed by atoms with Crippen molar-refractivity contribution in [2.45, 2.75) is 26.2 Å². The van der Waals surface area contributed by atoms with E-state index in [0.717, 1.165) is 0 Å². The summed E-state index contributed by atoms with van der Waals surface area (Å²) in [4.78, 5) is 15.3. The zero-order valence-electron chi connectivity index (χ0n) is 9.36. The molecular formula is C11H12ClN3O. The number of fused-ring (bicyclic) bond motifs is 1. The fourth-order valence-corrected chi connectivity index (χ4v) is 1.82. The van der Waals surface area contributed by atoms with Crippen molar-refractivity contribution >= 4 is 23.1 Å². The molecule has 0 fully saturated rings. The number of imidazole rings is 1. The number of aromatic nitrogens is 2. The Morgan fingerprint density at radius 2 is 2.12 bits per heavy atom. The lowest BCUT2D eigenvalue weighted by Crippen LogP contribution is -2.11. The van der Waals surface area contributed by atoms with Crippen LogP contribution in [-0.4, -0.2) is 9.38 Å². The molecule has 2 heterocycles. The average Bonchev–Trinajstić information content (AvgIpc) is 2.57. The van der Waals surface area contributed by atoms with E-state index in [1.165, 1.54) is 0 Å². The SMILES string of the molecule is CC(C)(C)c1nc2c(Cl)cccn2c1N=O. The van der Waals surface area contributed by atoms with Gasteiger partial charge in [-0.1, -0.05) is 32.4 Å². The van der Waals surface area contributed by atoms with Crippen LogP contribution in [0, 0.1) is 4.91 Å². The first-order chi connectivity index (χ1) is 7.45. The molecule has 5 heteroatoms. The van der Waals surface area contributed by atoms with Gasteiger partial charge in [-0.25, -0.2) is 4.98 Å². The third-order valence-electron chi connectivity index (χ3n) is 2.37. The Bertz CT molecular complexity index is 554. The van der Waals surface area contributed by atoms with E-state index in [1.807, 2.05) is 20.8 Å². The zero-order chi connectivity index (χ0) is 11.9. The van der Waals surface area contributed by atoms with E-state index in [-0.39, 0.29) is 5.41 Å². The largest absolute Gasteiger partial charge is 0.280 e. The molecule has 0 aliphatic rings. The summed E-state index contributed by atoms with van der Waals surface area (Å²) in [6, 6.07) is 3.50. The minimum atomic E-state index is -0.238. The number of halogens is 1. The maximum absolute atomic E-state index is 10.9. The maximum atomic E-state index is 10.9. The van der Waals surface area contributed by atoms with E-state index >= 15 is 0 Å². The summed E-state index contributed by atoms with van der Waals surface area (Å²) in [7, 11) is 0. The standard InChI is InChI=1S/C11H12ClN3O/c1-11(2,3)8-10(14-16)15-6-4-5-7(12)9(15)13-8/h4-6H,1-3H3. The summed E-state index contributed by atoms with van der Waals surface area (Å²) in [5.41, 5.74) is 0.998. The number of nitroso groups, excluding NO2 is 1. The molecule has 0 aliphatic heterocycles. The van der Waals surface area contributed by atoms with E-state index in [4.69, 9.17) is 11.6 Å². The van der Waals surface area contributed by atoms with Crippen molar-refractivity contribution in [2.24, 2.45) is 5.18 Å². The van der Waals surface area contributed by atoms with E-state index < -0.39 is 0 Å². The lowest BCUT2D eigenvalue weighted by atomic mass is 9.92. The van der Waals surface area contributed by atoms with Crippen LogP contribution in [0.25, 0.3) is 5.65 Å². The van der Waals surface area contributed by atoms with Gasteiger partial charge in [0.2, 0.25) is 5.82 Å². The van der Waals surface area contributed by atoms with Crippen molar-refractivity contribution in [2.75, 3.05) is 0 Å². The Hall–Kier alpha value is -1.42. The van der Waals surface area contributed by atoms with Gasteiger partial charge in [-0.2, -0.15) is 0 Å². The highest BCUT2D eigenvalue weighted by atomic mass is 35.5. The topological polar surface area (TPSA) is 46.7 Å². The minimum absolute atomic E-state index is 0.238. The predicted molar refractivity (Wildman–Crippen MR) is 64.4 cm³/mol. The molecule has 0 aromatic carbocycles. The van der Waals surface area contributed by atoms with Gasteiger partial charge in [-0.3, -0.25) is 4.40 Å². The summed E-state index contributed by atoms with van der Waals surface area (Å²) in [5, 5.41) is 3.57. The Labute approximate surface area is 98.2 Å². The van der Waals surface area contributed by atoms with Gasteiger partial charge >= 0.3 is 0 Å². The molecule has 0 atom stereocenters. The highest BCUT2D eigenvalue weighted by Crippen LogP contribution is 2.33. The quantitative estimate of drug-likeness (QED) is 0.711. The van der Waals surface area contributed by atoms with Crippen molar-refractivity contribution < 1.29 is 0 Å². The molecule has 2 aromatic rings. The van der Waals surface area contributed by atoms with Crippen LogP contribution in [0.3, 0.4) is 0 Å². The number of rotatable bonds is 1. The molecule has 16 heavy (non-hydrogen) atoms. The van der Waals surface area contributed by atoms with Crippen LogP contribution in [-0.2, 0) is 5.41 Å². The lowest BCUT2D eigenvalue weighted by molar-refractivity contribution is 0.574. The summed E-state index contributed by atoms with van der Waals surface area (Å²) >= 11 is 6.02. The van der Waals surface area contributed by atoms with E-state index in [9.17, 15) is 4.91 Å². The molecular weight excluding hydrogens is 226 g/mol. The molecule has 4 nitrogen and oxygen atoms in total. The van der Waals surface area contributed by atoms with Crippen LogP contribution in [0.4, 0.5) is 5.82 Å². The average molecular weight is 238 g/mol. The molecule has 2 rings (SSSR count). The molecule has 0 radical (unpaired) electrons. The monoisotopic (exact) mass is 237 g/mol. The second kappa shape index (κ2) is 3.56. The van der Waals surface area contributed by atoms with Gasteiger partial charge in [0.1, 0.15) is 0 Å². The molecule has 0 saturated heterocycles. The number of hydrogen-bond acceptors (Lipinski definition) is 3. The number of hydrogen-bond donors (Lipinski definition) is 0. The molecule has 0 unspecified atom stereocenters. The molecule has 0 spiro atoms. The van der Waals surface area contributed by atoms with Crippen LogP contribution in [0.15, 0.2) is 23.5 Å². The summed E-state index contributed by atoms with van der Waals surface area (Å²) < 4.78 is 1.62. The highest BCUT2D eigenvalue weighted by Gasteiger charge is 2.25. The fourth-order valence-electron chi connectivity index (χ4n) is 1.61. The predicted octanol–water partition coefficient (Wildman–Crippen LogP) is 3.68. The number of pyridine rings is 1. The summed E-state index contributed by atoms with van der Waals surface area (Å²) in [5.74, 6) is 0.324. The first kappa shape index (κ1) is 11.1. The van der Waals surface area contributed by atoms with Gasteiger partial charge in [0, 0.05) is 11.6 Å². The van der Waals surface area contributed by atoms with Crippen molar-refractivity contribution in [3.05, 3.63) is 34.0 Å². The third kappa shape index (κ3) is 1.59. The number of nitrogens with zero attached hydrogens (tertiary/aromatic N) is 3. The summed E-state index contributed by atoms with van der Waals surface area (Å²) in [6.45, 7) is 5.95. The molecule has 0 aliphatic carbocycles. The molecule has 0 amide bonds. The second-order valence-electron chi connectivity index (χ2n) is 4.68. The normalized spacial score (nSPS) is 12.0. The van der Waals surface area contributed by atoms with Crippen molar-refractivity contribution in [3.63, 3.8) is 0 Å². The van der Waals surface area contributed by atoms with Gasteiger partial charge in [-0.05, 0) is 17.3 Å². The van der Waals surface area contributed by atoms with Crippen LogP contribution < -0.4 is 0 Å². The highest BCUT2D eigenvalue weighted by molar-refractivity contribution is 6.33. The molecule has 0 bridgehead atoms. The van der Waals surface area contributed by atoms with Gasteiger partial charge in [0.25, 0.3) is 0 Å². The van der Waals surface area contributed by atoms with Crippen LogP contribution in [0.1, 0.15) is 26.5 Å². The lowest BCUT2D eigenvalue weighted by Gasteiger charge is -2.14. The van der Waals surface area contributed by atoms with E-state index in [1.54, 1.807) is 22.7 Å². The van der Waals surface area contributed by atoms with Crippen molar-refractivity contribution in [1.82, 2.24) is 9.38 Å². The fraction of sp³-hybridized carbons (Fsp3) is 0.364. The van der Waals surface area contributed by atoms with Gasteiger partial charge in [0.15, 0.2) is 5.65 Å². The third-order valence-corrected chi connectivity index (χ3v) is 2.67. The van der Waals surface area contributed by atoms with Crippen molar-refractivity contribution in [1.29, 1.82) is 0 Å². The molecule has 84 valence electrons. The molecule has 0 N–H and O–H groups in total. The Morgan fingerprint density at radius 3 is 2.69 bits per heavy atom.